The molecule has 4 heteroatoms. The van der Waals surface area contributed by atoms with Crippen LogP contribution in [0.3, 0.4) is 0 Å². The van der Waals surface area contributed by atoms with Crippen LogP contribution in [-0.4, -0.2) is 35.0 Å². The van der Waals surface area contributed by atoms with E-state index in [4.69, 9.17) is 5.11 Å². The van der Waals surface area contributed by atoms with Crippen molar-refractivity contribution in [2.24, 2.45) is 5.92 Å². The number of carboxylic acids is 1. The molecule has 0 aliphatic carbocycles. The largest absolute Gasteiger partial charge is 0.481 e. The lowest BCUT2D eigenvalue weighted by molar-refractivity contribution is -0.145. The quantitative estimate of drug-likeness (QED) is 0.879. The molecule has 1 fully saturated rings. The Morgan fingerprint density at radius 2 is 1.91 bits per heavy atom. The summed E-state index contributed by atoms with van der Waals surface area (Å²) in [7, 11) is 0. The molecule has 4 nitrogen and oxygen atoms in total. The number of aliphatic carboxylic acids is 1. The Bertz CT molecular complexity index is 510. The van der Waals surface area contributed by atoms with E-state index in [1.165, 1.54) is 18.4 Å². The molecule has 1 saturated heterocycles. The van der Waals surface area contributed by atoms with Gasteiger partial charge in [0.2, 0.25) is 5.91 Å². The van der Waals surface area contributed by atoms with Gasteiger partial charge in [0.15, 0.2) is 0 Å². The minimum absolute atomic E-state index is 0.0345. The summed E-state index contributed by atoms with van der Waals surface area (Å²) in [6.07, 6.45) is 5.25. The van der Waals surface area contributed by atoms with Gasteiger partial charge in [0, 0.05) is 13.1 Å². The number of benzene rings is 1. The third-order valence-electron chi connectivity index (χ3n) is 4.32. The number of amides is 1. The van der Waals surface area contributed by atoms with Gasteiger partial charge in [-0.15, -0.1) is 0 Å². The van der Waals surface area contributed by atoms with Gasteiger partial charge in [0.1, 0.15) is 0 Å². The molecular weight excluding hydrogens is 278 g/mol. The number of hydrogen-bond acceptors (Lipinski definition) is 2. The lowest BCUT2D eigenvalue weighted by Crippen LogP contribution is -2.42. The molecule has 2 rings (SSSR count). The second kappa shape index (κ2) is 7.97. The van der Waals surface area contributed by atoms with E-state index in [-0.39, 0.29) is 5.91 Å². The number of rotatable bonds is 6. The maximum absolute atomic E-state index is 12.3. The standard InChI is InChI=1S/C18H25NO3/c1-2-3-5-14-7-9-15(10-8-14)12-17(20)19-11-4-6-16(13-19)18(21)22/h7-10,16H,2-6,11-13H2,1H3,(H,21,22)/t16-/m0/s1. The Morgan fingerprint density at radius 3 is 2.55 bits per heavy atom. The van der Waals surface area contributed by atoms with E-state index in [0.29, 0.717) is 25.9 Å². The zero-order valence-corrected chi connectivity index (χ0v) is 13.3. The molecular formula is C18H25NO3. The summed E-state index contributed by atoms with van der Waals surface area (Å²) in [5.41, 5.74) is 2.31. The average Bonchev–Trinajstić information content (AvgIpc) is 2.54. The molecule has 0 radical (unpaired) electrons. The van der Waals surface area contributed by atoms with Gasteiger partial charge in [-0.1, -0.05) is 37.6 Å². The van der Waals surface area contributed by atoms with Gasteiger partial charge in [0.05, 0.1) is 12.3 Å². The molecule has 1 aromatic rings. The highest BCUT2D eigenvalue weighted by molar-refractivity contribution is 5.80. The molecule has 0 spiro atoms. The van der Waals surface area contributed by atoms with Crippen molar-refractivity contribution in [2.75, 3.05) is 13.1 Å². The predicted molar refractivity (Wildman–Crippen MR) is 85.7 cm³/mol. The first-order chi connectivity index (χ1) is 10.6. The first-order valence-electron chi connectivity index (χ1n) is 8.18. The number of carbonyl (C=O) groups is 2. The number of carboxylic acid groups (broad SMARTS) is 1. The van der Waals surface area contributed by atoms with Crippen molar-refractivity contribution < 1.29 is 14.7 Å². The van der Waals surface area contributed by atoms with Crippen LogP contribution in [0, 0.1) is 5.92 Å². The van der Waals surface area contributed by atoms with E-state index in [1.54, 1.807) is 4.90 Å². The van der Waals surface area contributed by atoms with Crippen molar-refractivity contribution >= 4 is 11.9 Å². The highest BCUT2D eigenvalue weighted by Crippen LogP contribution is 2.18. The predicted octanol–water partition coefficient (Wildman–Crippen LogP) is 2.89. The molecule has 1 aliphatic heterocycles. The van der Waals surface area contributed by atoms with E-state index in [2.05, 4.69) is 19.1 Å². The fourth-order valence-corrected chi connectivity index (χ4v) is 2.90. The number of aryl methyl sites for hydroxylation is 1. The number of hydrogen-bond donors (Lipinski definition) is 1. The van der Waals surface area contributed by atoms with Gasteiger partial charge in [-0.25, -0.2) is 0 Å². The topological polar surface area (TPSA) is 57.6 Å². The van der Waals surface area contributed by atoms with Crippen LogP contribution in [0.25, 0.3) is 0 Å². The highest BCUT2D eigenvalue weighted by atomic mass is 16.4. The summed E-state index contributed by atoms with van der Waals surface area (Å²) < 4.78 is 0. The summed E-state index contributed by atoms with van der Waals surface area (Å²) in [4.78, 5) is 25.1. The lowest BCUT2D eigenvalue weighted by atomic mass is 9.97. The van der Waals surface area contributed by atoms with Gasteiger partial charge < -0.3 is 10.0 Å². The normalized spacial score (nSPS) is 18.2. The molecule has 1 atom stereocenters. The lowest BCUT2D eigenvalue weighted by Gasteiger charge is -2.30. The number of piperidine rings is 1. The highest BCUT2D eigenvalue weighted by Gasteiger charge is 2.27. The molecule has 1 aliphatic rings. The minimum atomic E-state index is -0.794. The Hall–Kier alpha value is -1.84. The summed E-state index contributed by atoms with van der Waals surface area (Å²) >= 11 is 0. The van der Waals surface area contributed by atoms with Crippen LogP contribution in [0.1, 0.15) is 43.7 Å². The summed E-state index contributed by atoms with van der Waals surface area (Å²) in [6.45, 7) is 3.20. The molecule has 22 heavy (non-hydrogen) atoms. The van der Waals surface area contributed by atoms with Crippen molar-refractivity contribution in [2.45, 2.75) is 45.4 Å². The zero-order chi connectivity index (χ0) is 15.9. The van der Waals surface area contributed by atoms with Crippen molar-refractivity contribution in [3.05, 3.63) is 35.4 Å². The zero-order valence-electron chi connectivity index (χ0n) is 13.3. The third-order valence-corrected chi connectivity index (χ3v) is 4.32. The molecule has 1 aromatic carbocycles. The maximum atomic E-state index is 12.3. The number of carbonyl (C=O) groups excluding carboxylic acids is 1. The molecule has 1 heterocycles. The van der Waals surface area contributed by atoms with Gasteiger partial charge in [-0.2, -0.15) is 0 Å². The van der Waals surface area contributed by atoms with Crippen molar-refractivity contribution in [1.82, 2.24) is 4.90 Å². The molecule has 0 bridgehead atoms. The van der Waals surface area contributed by atoms with E-state index in [9.17, 15) is 9.59 Å². The molecule has 1 amide bonds. The fraction of sp³-hybridized carbons (Fsp3) is 0.556. The smallest absolute Gasteiger partial charge is 0.308 e. The summed E-state index contributed by atoms with van der Waals surface area (Å²) in [6, 6.07) is 8.21. The molecule has 0 saturated carbocycles. The third kappa shape index (κ3) is 4.58. The summed E-state index contributed by atoms with van der Waals surface area (Å²) in [5, 5.41) is 9.09. The van der Waals surface area contributed by atoms with E-state index in [1.807, 2.05) is 12.1 Å². The summed E-state index contributed by atoms with van der Waals surface area (Å²) in [5.74, 6) is -1.17. The van der Waals surface area contributed by atoms with Crippen LogP contribution in [0.2, 0.25) is 0 Å². The Kier molecular flexibility index (Phi) is 5.99. The molecule has 0 unspecified atom stereocenters. The van der Waals surface area contributed by atoms with Gasteiger partial charge >= 0.3 is 5.97 Å². The number of unbranched alkanes of at least 4 members (excludes halogenated alkanes) is 1. The van der Waals surface area contributed by atoms with Crippen LogP contribution in [0.5, 0.6) is 0 Å². The van der Waals surface area contributed by atoms with Crippen molar-refractivity contribution in [3.63, 3.8) is 0 Å². The van der Waals surface area contributed by atoms with Gasteiger partial charge in [-0.3, -0.25) is 9.59 Å². The Balaban J connectivity index is 1.89. The molecule has 1 N–H and O–H groups in total. The van der Waals surface area contributed by atoms with Crippen molar-refractivity contribution in [1.29, 1.82) is 0 Å². The maximum Gasteiger partial charge on any atom is 0.308 e. The Morgan fingerprint density at radius 1 is 1.23 bits per heavy atom. The van der Waals surface area contributed by atoms with Crippen LogP contribution in [-0.2, 0) is 22.4 Å². The first kappa shape index (κ1) is 16.5. The van der Waals surface area contributed by atoms with E-state index in [0.717, 1.165) is 18.4 Å². The van der Waals surface area contributed by atoms with E-state index >= 15 is 0 Å². The van der Waals surface area contributed by atoms with Crippen molar-refractivity contribution in [3.8, 4) is 0 Å². The molecule has 0 aromatic heterocycles. The molecule has 120 valence electrons. The average molecular weight is 303 g/mol. The second-order valence-corrected chi connectivity index (χ2v) is 6.11. The SMILES string of the molecule is CCCCc1ccc(CC(=O)N2CCC[C@H](C(=O)O)C2)cc1. The van der Waals surface area contributed by atoms with Crippen LogP contribution in [0.4, 0.5) is 0 Å². The first-order valence-corrected chi connectivity index (χ1v) is 8.18. The minimum Gasteiger partial charge on any atom is -0.481 e. The van der Waals surface area contributed by atoms with Crippen LogP contribution < -0.4 is 0 Å². The number of likely N-dealkylation sites (tertiary alicyclic amines) is 1. The van der Waals surface area contributed by atoms with Gasteiger partial charge in [-0.05, 0) is 36.8 Å². The van der Waals surface area contributed by atoms with Gasteiger partial charge in [0.25, 0.3) is 0 Å². The Labute approximate surface area is 132 Å². The monoisotopic (exact) mass is 303 g/mol. The van der Waals surface area contributed by atoms with Crippen LogP contribution in [0.15, 0.2) is 24.3 Å². The fourth-order valence-electron chi connectivity index (χ4n) is 2.90. The van der Waals surface area contributed by atoms with E-state index < -0.39 is 11.9 Å². The van der Waals surface area contributed by atoms with Crippen LogP contribution >= 0.6 is 0 Å². The second-order valence-electron chi connectivity index (χ2n) is 6.11. The number of nitrogens with zero attached hydrogens (tertiary/aromatic N) is 1.